The van der Waals surface area contributed by atoms with Gasteiger partial charge in [-0.1, -0.05) is 23.7 Å². The molecule has 0 fully saturated rings. The number of rotatable bonds is 1. The number of benzene rings is 1. The van der Waals surface area contributed by atoms with Gasteiger partial charge >= 0.3 is 0 Å². The van der Waals surface area contributed by atoms with E-state index in [4.69, 9.17) is 11.6 Å². The van der Waals surface area contributed by atoms with Crippen LogP contribution in [0.3, 0.4) is 0 Å². The fraction of sp³-hybridized carbons (Fsp3) is 0.0769. The van der Waals surface area contributed by atoms with Gasteiger partial charge in [-0.2, -0.15) is 0 Å². The van der Waals surface area contributed by atoms with Crippen LogP contribution in [-0.4, -0.2) is 15.0 Å². The molecule has 4 heteroatoms. The molecule has 3 aromatic rings. The molecule has 3 nitrogen and oxygen atoms in total. The molecule has 1 aromatic carbocycles. The predicted octanol–water partition coefficient (Wildman–Crippen LogP) is 3.59. The summed E-state index contributed by atoms with van der Waals surface area (Å²) in [6, 6.07) is 9.98. The monoisotopic (exact) mass is 243 g/mol. The van der Waals surface area contributed by atoms with Crippen molar-refractivity contribution in [3.05, 3.63) is 47.5 Å². The van der Waals surface area contributed by atoms with Crippen LogP contribution in [0.1, 0.15) is 5.82 Å². The van der Waals surface area contributed by atoms with Crippen LogP contribution in [-0.2, 0) is 0 Å². The van der Waals surface area contributed by atoms with Crippen molar-refractivity contribution in [3.8, 4) is 11.3 Å². The average molecular weight is 244 g/mol. The highest BCUT2D eigenvalue weighted by molar-refractivity contribution is 6.29. The van der Waals surface area contributed by atoms with E-state index in [1.54, 1.807) is 6.07 Å². The van der Waals surface area contributed by atoms with Crippen LogP contribution in [0.25, 0.3) is 22.2 Å². The van der Waals surface area contributed by atoms with Crippen molar-refractivity contribution in [1.82, 2.24) is 15.0 Å². The van der Waals surface area contributed by atoms with Gasteiger partial charge in [-0.25, -0.2) is 9.97 Å². The van der Waals surface area contributed by atoms with Crippen LogP contribution < -0.4 is 0 Å². The fourth-order valence-electron chi connectivity index (χ4n) is 1.89. The lowest BCUT2D eigenvalue weighted by molar-refractivity contribution is 1.06. The molecule has 0 bridgehead atoms. The van der Waals surface area contributed by atoms with Crippen molar-refractivity contribution < 1.29 is 0 Å². The molecule has 0 unspecified atom stereocenters. The zero-order valence-electron chi connectivity index (χ0n) is 9.24. The summed E-state index contributed by atoms with van der Waals surface area (Å²) in [5.41, 5.74) is 2.97. The zero-order chi connectivity index (χ0) is 11.8. The molecule has 17 heavy (non-hydrogen) atoms. The standard InChI is InChI=1S/C13H10ClN3/c1-8-16-12(7-13(14)17-8)10-3-2-9-4-5-15-11(9)6-10/h2-7,15H,1H3. The first-order valence-electron chi connectivity index (χ1n) is 5.31. The Bertz CT molecular complexity index is 668. The van der Waals surface area contributed by atoms with Crippen LogP contribution in [0.4, 0.5) is 0 Å². The molecule has 2 heterocycles. The Balaban J connectivity index is 2.19. The maximum Gasteiger partial charge on any atom is 0.133 e. The van der Waals surface area contributed by atoms with Crippen LogP contribution in [0.2, 0.25) is 5.15 Å². The number of hydrogen-bond acceptors (Lipinski definition) is 2. The third kappa shape index (κ3) is 1.89. The van der Waals surface area contributed by atoms with Gasteiger partial charge in [0.05, 0.1) is 5.69 Å². The van der Waals surface area contributed by atoms with E-state index >= 15 is 0 Å². The second-order valence-electron chi connectivity index (χ2n) is 3.90. The number of aromatic nitrogens is 3. The minimum Gasteiger partial charge on any atom is -0.361 e. The summed E-state index contributed by atoms with van der Waals surface area (Å²) in [7, 11) is 0. The SMILES string of the molecule is Cc1nc(Cl)cc(-c2ccc3cc[nH]c3c2)n1. The fourth-order valence-corrected chi connectivity index (χ4v) is 2.11. The number of aromatic amines is 1. The number of hydrogen-bond donors (Lipinski definition) is 1. The summed E-state index contributed by atoms with van der Waals surface area (Å²) in [5.74, 6) is 0.680. The number of fused-ring (bicyclic) bond motifs is 1. The summed E-state index contributed by atoms with van der Waals surface area (Å²) >= 11 is 5.94. The summed E-state index contributed by atoms with van der Waals surface area (Å²) in [5, 5.41) is 1.66. The van der Waals surface area contributed by atoms with E-state index in [2.05, 4.69) is 27.1 Å². The highest BCUT2D eigenvalue weighted by Gasteiger charge is 2.04. The molecular formula is C13H10ClN3. The van der Waals surface area contributed by atoms with E-state index in [1.807, 2.05) is 25.3 Å². The normalized spacial score (nSPS) is 10.9. The number of nitrogens with zero attached hydrogens (tertiary/aromatic N) is 2. The van der Waals surface area contributed by atoms with Crippen molar-refractivity contribution in [3.63, 3.8) is 0 Å². The van der Waals surface area contributed by atoms with Crippen LogP contribution in [0.15, 0.2) is 36.5 Å². The molecule has 0 saturated heterocycles. The van der Waals surface area contributed by atoms with E-state index < -0.39 is 0 Å². The molecule has 1 N–H and O–H groups in total. The number of aryl methyl sites for hydroxylation is 1. The van der Waals surface area contributed by atoms with Gasteiger partial charge in [0.2, 0.25) is 0 Å². The molecule has 0 saturated carbocycles. The Kier molecular flexibility index (Phi) is 2.34. The Morgan fingerprint density at radius 2 is 2.00 bits per heavy atom. The average Bonchev–Trinajstić information content (AvgIpc) is 2.74. The third-order valence-electron chi connectivity index (χ3n) is 2.66. The minimum absolute atomic E-state index is 0.471. The summed E-state index contributed by atoms with van der Waals surface area (Å²) in [4.78, 5) is 11.6. The predicted molar refractivity (Wildman–Crippen MR) is 69.1 cm³/mol. The molecule has 0 aliphatic heterocycles. The molecular weight excluding hydrogens is 234 g/mol. The topological polar surface area (TPSA) is 41.6 Å². The maximum atomic E-state index is 5.94. The summed E-state index contributed by atoms with van der Waals surface area (Å²) in [6.45, 7) is 1.84. The van der Waals surface area contributed by atoms with Gasteiger partial charge in [0.1, 0.15) is 11.0 Å². The van der Waals surface area contributed by atoms with Gasteiger partial charge in [0, 0.05) is 23.3 Å². The first-order valence-corrected chi connectivity index (χ1v) is 5.69. The Morgan fingerprint density at radius 3 is 2.82 bits per heavy atom. The molecule has 2 aromatic heterocycles. The molecule has 0 aliphatic rings. The smallest absolute Gasteiger partial charge is 0.133 e. The maximum absolute atomic E-state index is 5.94. The summed E-state index contributed by atoms with van der Waals surface area (Å²) in [6.07, 6.45) is 1.92. The molecule has 0 aliphatic carbocycles. The van der Waals surface area contributed by atoms with Crippen molar-refractivity contribution >= 4 is 22.5 Å². The van der Waals surface area contributed by atoms with E-state index in [1.165, 1.54) is 5.39 Å². The Hall–Kier alpha value is -1.87. The van der Waals surface area contributed by atoms with Gasteiger partial charge in [-0.3, -0.25) is 0 Å². The third-order valence-corrected chi connectivity index (χ3v) is 2.85. The molecule has 84 valence electrons. The molecule has 0 amide bonds. The highest BCUT2D eigenvalue weighted by atomic mass is 35.5. The lowest BCUT2D eigenvalue weighted by atomic mass is 10.1. The lowest BCUT2D eigenvalue weighted by Gasteiger charge is -2.03. The second-order valence-corrected chi connectivity index (χ2v) is 4.29. The zero-order valence-corrected chi connectivity index (χ0v) is 9.99. The van der Waals surface area contributed by atoms with Crippen molar-refractivity contribution in [2.75, 3.05) is 0 Å². The highest BCUT2D eigenvalue weighted by Crippen LogP contribution is 2.23. The van der Waals surface area contributed by atoms with Gasteiger partial charge in [-0.15, -0.1) is 0 Å². The van der Waals surface area contributed by atoms with E-state index in [9.17, 15) is 0 Å². The number of nitrogens with one attached hydrogen (secondary N) is 1. The Morgan fingerprint density at radius 1 is 1.12 bits per heavy atom. The van der Waals surface area contributed by atoms with E-state index in [0.717, 1.165) is 16.8 Å². The first-order chi connectivity index (χ1) is 8.22. The van der Waals surface area contributed by atoms with E-state index in [-0.39, 0.29) is 0 Å². The molecule has 0 radical (unpaired) electrons. The molecule has 0 atom stereocenters. The van der Waals surface area contributed by atoms with Gasteiger partial charge in [0.25, 0.3) is 0 Å². The minimum atomic E-state index is 0.471. The number of H-pyrrole nitrogens is 1. The van der Waals surface area contributed by atoms with Crippen molar-refractivity contribution in [2.24, 2.45) is 0 Å². The van der Waals surface area contributed by atoms with Gasteiger partial charge in [-0.05, 0) is 24.4 Å². The number of halogens is 1. The van der Waals surface area contributed by atoms with Gasteiger partial charge in [0.15, 0.2) is 0 Å². The van der Waals surface area contributed by atoms with Crippen molar-refractivity contribution in [1.29, 1.82) is 0 Å². The summed E-state index contributed by atoms with van der Waals surface area (Å²) < 4.78 is 0. The van der Waals surface area contributed by atoms with Crippen LogP contribution in [0, 0.1) is 6.92 Å². The molecule has 3 rings (SSSR count). The van der Waals surface area contributed by atoms with Crippen molar-refractivity contribution in [2.45, 2.75) is 6.92 Å². The second kappa shape index (κ2) is 3.86. The van der Waals surface area contributed by atoms with Crippen LogP contribution in [0.5, 0.6) is 0 Å². The first kappa shape index (κ1) is 10.3. The van der Waals surface area contributed by atoms with E-state index in [0.29, 0.717) is 11.0 Å². The Labute approximate surface area is 103 Å². The molecule has 0 spiro atoms. The van der Waals surface area contributed by atoms with Gasteiger partial charge < -0.3 is 4.98 Å². The largest absolute Gasteiger partial charge is 0.361 e. The lowest BCUT2D eigenvalue weighted by Crippen LogP contribution is -1.91. The quantitative estimate of drug-likeness (QED) is 0.664. The van der Waals surface area contributed by atoms with Crippen LogP contribution >= 0.6 is 11.6 Å².